The van der Waals surface area contributed by atoms with Crippen molar-refractivity contribution in [1.29, 1.82) is 0 Å². The molecular weight excluding hydrogens is 240 g/mol. The quantitative estimate of drug-likeness (QED) is 0.429. The molecule has 2 rings (SSSR count). The van der Waals surface area contributed by atoms with Crippen molar-refractivity contribution in [2.45, 2.75) is 58.3 Å². The smallest absolute Gasteiger partial charge is 0.221 e. The third kappa shape index (κ3) is 3.80. The number of anilines is 1. The highest BCUT2D eigenvalue weighted by Gasteiger charge is 2.28. The average Bonchev–Trinajstić information content (AvgIpc) is 3.24. The molecule has 1 aromatic rings. The van der Waals surface area contributed by atoms with Gasteiger partial charge in [-0.3, -0.25) is 0 Å². The summed E-state index contributed by atoms with van der Waals surface area (Å²) in [5.74, 6) is 8.23. The van der Waals surface area contributed by atoms with Crippen LogP contribution >= 0.6 is 0 Å². The molecule has 1 heterocycles. The lowest BCUT2D eigenvalue weighted by atomic mass is 10.2. The predicted molar refractivity (Wildman–Crippen MR) is 76.2 cm³/mol. The van der Waals surface area contributed by atoms with Crippen molar-refractivity contribution in [3.63, 3.8) is 0 Å². The van der Waals surface area contributed by atoms with Gasteiger partial charge in [0.05, 0.1) is 12.2 Å². The van der Waals surface area contributed by atoms with E-state index < -0.39 is 0 Å². The first-order chi connectivity index (χ1) is 9.26. The minimum atomic E-state index is 0.496. The number of unbranched alkanes of at least 4 members (excludes halogenated alkanes) is 3. The Hall–Kier alpha value is -1.36. The number of nitrogens with one attached hydrogen (secondary N) is 1. The summed E-state index contributed by atoms with van der Waals surface area (Å²) in [5.41, 5.74) is 3.53. The Morgan fingerprint density at radius 3 is 2.68 bits per heavy atom. The van der Waals surface area contributed by atoms with Crippen LogP contribution in [0.25, 0.3) is 0 Å². The van der Waals surface area contributed by atoms with Crippen molar-refractivity contribution in [2.24, 2.45) is 5.84 Å². The van der Waals surface area contributed by atoms with Gasteiger partial charge in [0.1, 0.15) is 11.6 Å². The van der Waals surface area contributed by atoms with E-state index in [2.05, 4.69) is 22.3 Å². The molecule has 1 aliphatic carbocycles. The lowest BCUT2D eigenvalue weighted by molar-refractivity contribution is 0.290. The Morgan fingerprint density at radius 2 is 2.05 bits per heavy atom. The molecule has 0 bridgehead atoms. The number of rotatable bonds is 8. The fourth-order valence-corrected chi connectivity index (χ4v) is 2.02. The minimum absolute atomic E-state index is 0.496. The number of nitrogen functional groups attached to an aromatic ring is 1. The topological polar surface area (TPSA) is 73.1 Å². The first-order valence-corrected chi connectivity index (χ1v) is 7.24. The summed E-state index contributed by atoms with van der Waals surface area (Å²) in [7, 11) is 0. The Kier molecular flexibility index (Phi) is 4.96. The van der Waals surface area contributed by atoms with Crippen LogP contribution in [0.1, 0.15) is 62.8 Å². The molecule has 5 nitrogen and oxygen atoms in total. The number of hydrogen-bond donors (Lipinski definition) is 2. The normalized spacial score (nSPS) is 14.5. The lowest BCUT2D eigenvalue weighted by Crippen LogP contribution is -2.14. The standard InChI is InChI=1S/C14H24N4O/c1-3-4-5-6-9-19-14-10(2)12(18-15)16-13(17-14)11-7-8-11/h11H,3-9,15H2,1-2H3,(H,16,17,18). The minimum Gasteiger partial charge on any atom is -0.477 e. The van der Waals surface area contributed by atoms with Crippen LogP contribution in [0.3, 0.4) is 0 Å². The van der Waals surface area contributed by atoms with Crippen molar-refractivity contribution < 1.29 is 4.74 Å². The van der Waals surface area contributed by atoms with Crippen LogP contribution in [0.5, 0.6) is 5.88 Å². The maximum atomic E-state index is 5.80. The zero-order valence-corrected chi connectivity index (χ0v) is 11.9. The van der Waals surface area contributed by atoms with Crippen molar-refractivity contribution in [1.82, 2.24) is 9.97 Å². The molecule has 1 aromatic heterocycles. The summed E-state index contributed by atoms with van der Waals surface area (Å²) in [6, 6.07) is 0. The third-order valence-corrected chi connectivity index (χ3v) is 3.43. The van der Waals surface area contributed by atoms with Crippen molar-refractivity contribution in [3.8, 4) is 5.88 Å². The Morgan fingerprint density at radius 1 is 1.26 bits per heavy atom. The monoisotopic (exact) mass is 264 g/mol. The van der Waals surface area contributed by atoms with Crippen LogP contribution in [-0.2, 0) is 0 Å². The van der Waals surface area contributed by atoms with Gasteiger partial charge in [0.15, 0.2) is 0 Å². The summed E-state index contributed by atoms with van der Waals surface area (Å²) in [4.78, 5) is 8.98. The molecule has 3 N–H and O–H groups in total. The van der Waals surface area contributed by atoms with Gasteiger partial charge in [-0.05, 0) is 26.2 Å². The Labute approximate surface area is 114 Å². The molecule has 0 atom stereocenters. The van der Waals surface area contributed by atoms with Crippen LogP contribution < -0.4 is 16.0 Å². The fourth-order valence-electron chi connectivity index (χ4n) is 2.02. The van der Waals surface area contributed by atoms with E-state index in [-0.39, 0.29) is 0 Å². The van der Waals surface area contributed by atoms with E-state index in [9.17, 15) is 0 Å². The van der Waals surface area contributed by atoms with E-state index in [1.54, 1.807) is 0 Å². The summed E-state index contributed by atoms with van der Waals surface area (Å²) in [5, 5.41) is 0. The molecular formula is C14H24N4O. The molecule has 1 saturated carbocycles. The largest absolute Gasteiger partial charge is 0.477 e. The zero-order valence-electron chi connectivity index (χ0n) is 11.9. The molecule has 19 heavy (non-hydrogen) atoms. The van der Waals surface area contributed by atoms with E-state index in [4.69, 9.17) is 10.6 Å². The maximum Gasteiger partial charge on any atom is 0.221 e. The molecule has 1 aliphatic rings. The van der Waals surface area contributed by atoms with Gasteiger partial charge in [0.25, 0.3) is 0 Å². The van der Waals surface area contributed by atoms with E-state index in [0.717, 1.165) is 17.8 Å². The van der Waals surface area contributed by atoms with Gasteiger partial charge in [-0.1, -0.05) is 26.2 Å². The molecule has 0 unspecified atom stereocenters. The third-order valence-electron chi connectivity index (χ3n) is 3.43. The van der Waals surface area contributed by atoms with Crippen molar-refractivity contribution >= 4 is 5.82 Å². The molecule has 5 heteroatoms. The molecule has 106 valence electrons. The Bertz CT molecular complexity index is 418. The molecule has 1 fully saturated rings. The Balaban J connectivity index is 1.99. The van der Waals surface area contributed by atoms with Gasteiger partial charge in [-0.25, -0.2) is 10.8 Å². The highest BCUT2D eigenvalue weighted by atomic mass is 16.5. The van der Waals surface area contributed by atoms with E-state index in [0.29, 0.717) is 24.2 Å². The number of hydrazine groups is 1. The lowest BCUT2D eigenvalue weighted by Gasteiger charge is -2.12. The second kappa shape index (κ2) is 6.70. The van der Waals surface area contributed by atoms with Crippen LogP contribution in [0.4, 0.5) is 5.82 Å². The molecule has 0 aliphatic heterocycles. The number of hydrogen-bond acceptors (Lipinski definition) is 5. The van der Waals surface area contributed by atoms with Gasteiger partial charge in [0, 0.05) is 5.92 Å². The van der Waals surface area contributed by atoms with Gasteiger partial charge in [-0.15, -0.1) is 0 Å². The van der Waals surface area contributed by atoms with Crippen LogP contribution in [0.15, 0.2) is 0 Å². The summed E-state index contributed by atoms with van der Waals surface area (Å²) in [6.07, 6.45) is 7.11. The predicted octanol–water partition coefficient (Wildman–Crippen LogP) is 2.91. The van der Waals surface area contributed by atoms with Gasteiger partial charge in [0.2, 0.25) is 5.88 Å². The number of ether oxygens (including phenoxy) is 1. The first-order valence-electron chi connectivity index (χ1n) is 7.24. The average molecular weight is 264 g/mol. The SMILES string of the molecule is CCCCCCOc1nc(C2CC2)nc(NN)c1C. The first kappa shape index (κ1) is 14.1. The molecule has 0 radical (unpaired) electrons. The summed E-state index contributed by atoms with van der Waals surface area (Å²) < 4.78 is 5.80. The molecule has 0 saturated heterocycles. The van der Waals surface area contributed by atoms with E-state index in [1.165, 1.54) is 32.1 Å². The highest BCUT2D eigenvalue weighted by Crippen LogP contribution is 2.39. The van der Waals surface area contributed by atoms with Crippen LogP contribution in [0.2, 0.25) is 0 Å². The highest BCUT2D eigenvalue weighted by molar-refractivity contribution is 5.48. The molecule has 0 amide bonds. The van der Waals surface area contributed by atoms with Crippen molar-refractivity contribution in [3.05, 3.63) is 11.4 Å². The summed E-state index contributed by atoms with van der Waals surface area (Å²) in [6.45, 7) is 4.86. The van der Waals surface area contributed by atoms with Gasteiger partial charge < -0.3 is 10.2 Å². The van der Waals surface area contributed by atoms with E-state index >= 15 is 0 Å². The van der Waals surface area contributed by atoms with Crippen molar-refractivity contribution in [2.75, 3.05) is 12.0 Å². The maximum absolute atomic E-state index is 5.80. The second-order valence-electron chi connectivity index (χ2n) is 5.19. The molecule has 0 spiro atoms. The molecule has 0 aromatic carbocycles. The number of nitrogens with zero attached hydrogens (tertiary/aromatic N) is 2. The van der Waals surface area contributed by atoms with E-state index in [1.807, 2.05) is 6.92 Å². The fraction of sp³-hybridized carbons (Fsp3) is 0.714. The summed E-state index contributed by atoms with van der Waals surface area (Å²) >= 11 is 0. The number of nitrogens with two attached hydrogens (primary N) is 1. The number of aromatic nitrogens is 2. The van der Waals surface area contributed by atoms with Crippen LogP contribution in [0, 0.1) is 6.92 Å². The van der Waals surface area contributed by atoms with Crippen LogP contribution in [-0.4, -0.2) is 16.6 Å². The zero-order chi connectivity index (χ0) is 13.7. The second-order valence-corrected chi connectivity index (χ2v) is 5.19. The van der Waals surface area contributed by atoms with Gasteiger partial charge >= 0.3 is 0 Å². The van der Waals surface area contributed by atoms with Gasteiger partial charge in [-0.2, -0.15) is 4.98 Å².